The molecule has 0 aliphatic rings. The zero-order chi connectivity index (χ0) is 16.8. The van der Waals surface area contributed by atoms with E-state index in [1.165, 1.54) is 25.2 Å². The first-order valence-corrected chi connectivity index (χ1v) is 7.72. The van der Waals surface area contributed by atoms with Gasteiger partial charge >= 0.3 is 11.7 Å². The smallest absolute Gasteiger partial charge is 0.330 e. The number of aromatic amines is 1. The van der Waals surface area contributed by atoms with Gasteiger partial charge in [0, 0.05) is 4.88 Å². The predicted molar refractivity (Wildman–Crippen MR) is 89.1 cm³/mol. The molecule has 23 heavy (non-hydrogen) atoms. The van der Waals surface area contributed by atoms with Crippen LogP contribution in [0.15, 0.2) is 46.0 Å². The van der Waals surface area contributed by atoms with Gasteiger partial charge in [-0.05, 0) is 25.5 Å². The Labute approximate surface area is 134 Å². The Hall–Kier alpha value is -2.67. The number of fused-ring (bicyclic) bond motifs is 1. The third-order valence-corrected chi connectivity index (χ3v) is 4.83. The second kappa shape index (κ2) is 5.20. The van der Waals surface area contributed by atoms with Gasteiger partial charge in [0.05, 0.1) is 5.39 Å². The summed E-state index contributed by atoms with van der Waals surface area (Å²) in [6.07, 6.45) is 0. The highest BCUT2D eigenvalue weighted by molar-refractivity contribution is 7.21. The van der Waals surface area contributed by atoms with E-state index in [9.17, 15) is 19.5 Å². The van der Waals surface area contributed by atoms with Gasteiger partial charge in [-0.2, -0.15) is 0 Å². The van der Waals surface area contributed by atoms with Crippen molar-refractivity contribution in [1.82, 2.24) is 9.55 Å². The molecule has 0 unspecified atom stereocenters. The summed E-state index contributed by atoms with van der Waals surface area (Å²) in [6, 6.07) is 11.1. The first-order chi connectivity index (χ1) is 10.8. The highest BCUT2D eigenvalue weighted by atomic mass is 32.1. The third kappa shape index (κ3) is 2.39. The molecule has 6 nitrogen and oxygen atoms in total. The van der Waals surface area contributed by atoms with Crippen LogP contribution in [0.5, 0.6) is 0 Å². The predicted octanol–water partition coefficient (Wildman–Crippen LogP) is 2.24. The first-order valence-electron chi connectivity index (χ1n) is 6.90. The maximum absolute atomic E-state index is 12.6. The van der Waals surface area contributed by atoms with Crippen LogP contribution in [0.1, 0.15) is 13.8 Å². The molecule has 0 aliphatic carbocycles. The van der Waals surface area contributed by atoms with E-state index in [0.717, 1.165) is 15.0 Å². The molecular weight excluding hydrogens is 316 g/mol. The molecule has 118 valence electrons. The molecule has 0 atom stereocenters. The van der Waals surface area contributed by atoms with E-state index in [-0.39, 0.29) is 0 Å². The fourth-order valence-corrected chi connectivity index (χ4v) is 3.40. The number of carboxylic acid groups (broad SMARTS) is 1. The van der Waals surface area contributed by atoms with E-state index in [2.05, 4.69) is 4.98 Å². The van der Waals surface area contributed by atoms with Crippen molar-refractivity contribution in [2.45, 2.75) is 19.4 Å². The van der Waals surface area contributed by atoms with Gasteiger partial charge in [-0.15, -0.1) is 11.3 Å². The average molecular weight is 330 g/mol. The summed E-state index contributed by atoms with van der Waals surface area (Å²) in [5, 5.41) is 9.60. The molecule has 0 aliphatic heterocycles. The zero-order valence-corrected chi connectivity index (χ0v) is 13.3. The Morgan fingerprint density at radius 1 is 1.22 bits per heavy atom. The van der Waals surface area contributed by atoms with Gasteiger partial charge in [-0.1, -0.05) is 30.3 Å². The highest BCUT2D eigenvalue weighted by Crippen LogP contribution is 2.30. The highest BCUT2D eigenvalue weighted by Gasteiger charge is 2.33. The van der Waals surface area contributed by atoms with Crippen molar-refractivity contribution in [1.29, 1.82) is 0 Å². The van der Waals surface area contributed by atoms with Crippen molar-refractivity contribution in [3.63, 3.8) is 0 Å². The first kappa shape index (κ1) is 15.2. The molecule has 0 saturated heterocycles. The van der Waals surface area contributed by atoms with E-state index in [4.69, 9.17) is 0 Å². The van der Waals surface area contributed by atoms with Gasteiger partial charge in [0.25, 0.3) is 5.56 Å². The molecule has 1 aromatic carbocycles. The van der Waals surface area contributed by atoms with Crippen LogP contribution in [0.25, 0.3) is 20.7 Å². The van der Waals surface area contributed by atoms with Crippen molar-refractivity contribution in [3.05, 3.63) is 57.2 Å². The zero-order valence-electron chi connectivity index (χ0n) is 12.5. The summed E-state index contributed by atoms with van der Waals surface area (Å²) in [5.74, 6) is -1.25. The largest absolute Gasteiger partial charge is 0.480 e. The van der Waals surface area contributed by atoms with Crippen LogP contribution in [0.2, 0.25) is 0 Å². The third-order valence-electron chi connectivity index (χ3n) is 3.73. The molecular formula is C16H14N2O4S. The molecule has 0 radical (unpaired) electrons. The fourth-order valence-electron chi connectivity index (χ4n) is 2.36. The molecule has 2 N–H and O–H groups in total. The second-order valence-corrected chi connectivity index (χ2v) is 6.71. The summed E-state index contributed by atoms with van der Waals surface area (Å²) in [6.45, 7) is 2.64. The topological polar surface area (TPSA) is 92.2 Å². The molecule has 0 spiro atoms. The van der Waals surface area contributed by atoms with Crippen LogP contribution in [0.3, 0.4) is 0 Å². The Morgan fingerprint density at radius 2 is 1.87 bits per heavy atom. The SMILES string of the molecule is CC(C)(C(=O)O)n1c(=O)[nH]c2sc(-c3ccccc3)cc2c1=O. The summed E-state index contributed by atoms with van der Waals surface area (Å²) in [4.78, 5) is 40.1. The molecule has 3 aromatic rings. The van der Waals surface area contributed by atoms with Crippen molar-refractivity contribution in [3.8, 4) is 10.4 Å². The van der Waals surface area contributed by atoms with Gasteiger partial charge in [0.1, 0.15) is 10.4 Å². The second-order valence-electron chi connectivity index (χ2n) is 5.65. The minimum Gasteiger partial charge on any atom is -0.480 e. The van der Waals surface area contributed by atoms with E-state index >= 15 is 0 Å². The Balaban J connectivity index is 2.31. The number of carboxylic acids is 1. The molecule has 0 bridgehead atoms. The van der Waals surface area contributed by atoms with Gasteiger partial charge in [-0.25, -0.2) is 14.2 Å². The van der Waals surface area contributed by atoms with Crippen LogP contribution in [0, 0.1) is 0 Å². The Kier molecular flexibility index (Phi) is 3.45. The number of benzene rings is 1. The lowest BCUT2D eigenvalue weighted by Crippen LogP contribution is -2.50. The van der Waals surface area contributed by atoms with Crippen LogP contribution in [-0.4, -0.2) is 20.6 Å². The van der Waals surface area contributed by atoms with Crippen LogP contribution in [0.4, 0.5) is 0 Å². The number of H-pyrrole nitrogens is 1. The number of aliphatic carboxylic acids is 1. The fraction of sp³-hybridized carbons (Fsp3) is 0.188. The number of hydrogen-bond donors (Lipinski definition) is 2. The molecule has 3 rings (SSSR count). The number of rotatable bonds is 3. The van der Waals surface area contributed by atoms with Crippen LogP contribution in [-0.2, 0) is 10.3 Å². The monoisotopic (exact) mass is 330 g/mol. The van der Waals surface area contributed by atoms with E-state index in [0.29, 0.717) is 10.2 Å². The molecule has 0 amide bonds. The van der Waals surface area contributed by atoms with Crippen molar-refractivity contribution < 1.29 is 9.90 Å². The van der Waals surface area contributed by atoms with E-state index in [1.54, 1.807) is 6.07 Å². The maximum Gasteiger partial charge on any atom is 0.330 e. The van der Waals surface area contributed by atoms with Crippen LogP contribution < -0.4 is 11.2 Å². The van der Waals surface area contributed by atoms with Crippen LogP contribution >= 0.6 is 11.3 Å². The Bertz CT molecular complexity index is 1010. The molecule has 0 fully saturated rings. The molecule has 2 heterocycles. The molecule has 7 heteroatoms. The standard InChI is InChI=1S/C16H14N2O4S/c1-16(2,14(20)21)18-13(19)10-8-11(9-6-4-3-5-7-9)23-12(10)17-15(18)22/h3-8H,1-2H3,(H,17,22)(H,20,21). The normalized spacial score (nSPS) is 11.7. The lowest BCUT2D eigenvalue weighted by atomic mass is 10.1. The molecule has 2 aromatic heterocycles. The van der Waals surface area contributed by atoms with Crippen molar-refractivity contribution in [2.75, 3.05) is 0 Å². The number of nitrogens with one attached hydrogen (secondary N) is 1. The number of aromatic nitrogens is 2. The summed E-state index contributed by atoms with van der Waals surface area (Å²) < 4.78 is 0.749. The lowest BCUT2D eigenvalue weighted by molar-refractivity contribution is -0.146. The van der Waals surface area contributed by atoms with E-state index in [1.807, 2.05) is 30.3 Å². The van der Waals surface area contributed by atoms with Gasteiger partial charge in [0.15, 0.2) is 0 Å². The number of hydrogen-bond acceptors (Lipinski definition) is 4. The summed E-state index contributed by atoms with van der Waals surface area (Å²) in [7, 11) is 0. The number of nitrogens with zero attached hydrogens (tertiary/aromatic N) is 1. The summed E-state index contributed by atoms with van der Waals surface area (Å²) in [5.41, 5.74) is -2.03. The van der Waals surface area contributed by atoms with Crippen molar-refractivity contribution >= 4 is 27.5 Å². The van der Waals surface area contributed by atoms with Gasteiger partial charge in [0.2, 0.25) is 0 Å². The number of carbonyl (C=O) groups is 1. The Morgan fingerprint density at radius 3 is 2.48 bits per heavy atom. The lowest BCUT2D eigenvalue weighted by Gasteiger charge is -2.20. The number of thiophene rings is 1. The quantitative estimate of drug-likeness (QED) is 0.770. The average Bonchev–Trinajstić information content (AvgIpc) is 2.92. The molecule has 0 saturated carbocycles. The van der Waals surface area contributed by atoms with Gasteiger partial charge < -0.3 is 5.11 Å². The van der Waals surface area contributed by atoms with Crippen molar-refractivity contribution in [2.24, 2.45) is 0 Å². The minimum atomic E-state index is -1.63. The maximum atomic E-state index is 12.6. The minimum absolute atomic E-state index is 0.308. The van der Waals surface area contributed by atoms with Gasteiger partial charge in [-0.3, -0.25) is 9.78 Å². The van der Waals surface area contributed by atoms with E-state index < -0.39 is 22.8 Å². The summed E-state index contributed by atoms with van der Waals surface area (Å²) >= 11 is 1.29.